The minimum absolute atomic E-state index is 0.127. The lowest BCUT2D eigenvalue weighted by atomic mass is 10.1. The highest BCUT2D eigenvalue weighted by atomic mass is 32.1. The van der Waals surface area contributed by atoms with Crippen molar-refractivity contribution in [2.75, 3.05) is 20.8 Å². The summed E-state index contributed by atoms with van der Waals surface area (Å²) in [6.07, 6.45) is 5.71. The summed E-state index contributed by atoms with van der Waals surface area (Å²) in [5.74, 6) is 1.43. The number of hydrogen-bond donors (Lipinski definition) is 1. The lowest BCUT2D eigenvalue weighted by molar-refractivity contribution is -0.116. The Morgan fingerprint density at radius 3 is 2.83 bits per heavy atom. The molecule has 6 heteroatoms. The summed E-state index contributed by atoms with van der Waals surface area (Å²) in [5.41, 5.74) is 0.995. The van der Waals surface area contributed by atoms with Gasteiger partial charge in [-0.15, -0.1) is 11.3 Å². The minimum atomic E-state index is -0.127. The van der Waals surface area contributed by atoms with Crippen molar-refractivity contribution >= 4 is 23.3 Å². The largest absolute Gasteiger partial charge is 0.497 e. The summed E-state index contributed by atoms with van der Waals surface area (Å²) in [6.45, 7) is 2.46. The lowest BCUT2D eigenvalue weighted by Gasteiger charge is -2.10. The van der Waals surface area contributed by atoms with E-state index >= 15 is 0 Å². The van der Waals surface area contributed by atoms with Gasteiger partial charge >= 0.3 is 0 Å². The van der Waals surface area contributed by atoms with E-state index in [9.17, 15) is 4.79 Å². The zero-order valence-electron chi connectivity index (χ0n) is 13.5. The molecule has 1 aromatic carbocycles. The minimum Gasteiger partial charge on any atom is -0.497 e. The van der Waals surface area contributed by atoms with Gasteiger partial charge in [-0.3, -0.25) is 4.79 Å². The van der Waals surface area contributed by atoms with Crippen LogP contribution in [0.3, 0.4) is 0 Å². The van der Waals surface area contributed by atoms with E-state index in [0.29, 0.717) is 13.0 Å². The molecule has 23 heavy (non-hydrogen) atoms. The molecule has 0 radical (unpaired) electrons. The maximum absolute atomic E-state index is 11.8. The van der Waals surface area contributed by atoms with Gasteiger partial charge in [0.2, 0.25) is 5.91 Å². The molecule has 0 unspecified atom stereocenters. The molecule has 1 aromatic heterocycles. The van der Waals surface area contributed by atoms with Gasteiger partial charge in [0.1, 0.15) is 11.5 Å². The Morgan fingerprint density at radius 2 is 2.17 bits per heavy atom. The van der Waals surface area contributed by atoms with Crippen LogP contribution in [0.25, 0.3) is 6.08 Å². The molecule has 0 atom stereocenters. The summed E-state index contributed by atoms with van der Waals surface area (Å²) in [5, 5.41) is 3.84. The summed E-state index contributed by atoms with van der Waals surface area (Å²) in [6, 6.07) is 5.63. The quantitative estimate of drug-likeness (QED) is 0.792. The normalized spacial score (nSPS) is 10.7. The molecule has 0 aliphatic heterocycles. The molecule has 1 heterocycles. The number of aromatic nitrogens is 1. The Kier molecular flexibility index (Phi) is 6.17. The summed E-state index contributed by atoms with van der Waals surface area (Å²) in [4.78, 5) is 16.9. The van der Waals surface area contributed by atoms with E-state index in [4.69, 9.17) is 9.47 Å². The predicted octanol–water partition coefficient (Wildman–Crippen LogP) is 2.84. The van der Waals surface area contributed by atoms with Crippen LogP contribution in [0.15, 0.2) is 30.5 Å². The Bertz CT molecular complexity index is 695. The van der Waals surface area contributed by atoms with Crippen LogP contribution in [0.4, 0.5) is 0 Å². The number of thiazole rings is 1. The van der Waals surface area contributed by atoms with Gasteiger partial charge in [0.25, 0.3) is 0 Å². The van der Waals surface area contributed by atoms with E-state index in [2.05, 4.69) is 10.3 Å². The third-order valence-electron chi connectivity index (χ3n) is 3.22. The van der Waals surface area contributed by atoms with Crippen molar-refractivity contribution in [3.8, 4) is 11.5 Å². The molecule has 2 rings (SSSR count). The van der Waals surface area contributed by atoms with Crippen LogP contribution in [-0.4, -0.2) is 31.7 Å². The highest BCUT2D eigenvalue weighted by molar-refractivity contribution is 7.12. The predicted molar refractivity (Wildman–Crippen MR) is 92.1 cm³/mol. The molecule has 5 nitrogen and oxygen atoms in total. The summed E-state index contributed by atoms with van der Waals surface area (Å²) in [7, 11) is 3.25. The molecule has 2 aromatic rings. The molecule has 122 valence electrons. The van der Waals surface area contributed by atoms with Gasteiger partial charge in [0.15, 0.2) is 0 Å². The topological polar surface area (TPSA) is 60.5 Å². The van der Waals surface area contributed by atoms with Crippen LogP contribution < -0.4 is 14.8 Å². The molecule has 0 fully saturated rings. The van der Waals surface area contributed by atoms with Crippen LogP contribution in [0.2, 0.25) is 0 Å². The maximum atomic E-state index is 11.8. The van der Waals surface area contributed by atoms with E-state index in [1.807, 2.05) is 25.1 Å². The lowest BCUT2D eigenvalue weighted by Crippen LogP contribution is -2.23. The molecule has 0 saturated heterocycles. The first kappa shape index (κ1) is 17.0. The van der Waals surface area contributed by atoms with E-state index in [1.165, 1.54) is 6.08 Å². The molecule has 0 saturated carbocycles. The van der Waals surface area contributed by atoms with Crippen LogP contribution in [0.5, 0.6) is 11.5 Å². The van der Waals surface area contributed by atoms with Gasteiger partial charge in [-0.05, 0) is 43.2 Å². The zero-order chi connectivity index (χ0) is 16.7. The van der Waals surface area contributed by atoms with Gasteiger partial charge in [-0.1, -0.05) is 0 Å². The second-order valence-electron chi connectivity index (χ2n) is 4.83. The van der Waals surface area contributed by atoms with Crippen molar-refractivity contribution in [2.45, 2.75) is 13.3 Å². The number of nitrogens with one attached hydrogen (secondary N) is 1. The Hall–Kier alpha value is -2.34. The highest BCUT2D eigenvalue weighted by Crippen LogP contribution is 2.24. The molecule has 0 spiro atoms. The Labute approximate surface area is 140 Å². The van der Waals surface area contributed by atoms with Crippen LogP contribution in [0, 0.1) is 6.92 Å². The van der Waals surface area contributed by atoms with Crippen LogP contribution in [0.1, 0.15) is 15.4 Å². The monoisotopic (exact) mass is 332 g/mol. The third-order valence-corrected chi connectivity index (χ3v) is 4.10. The van der Waals surface area contributed by atoms with Gasteiger partial charge in [-0.25, -0.2) is 4.98 Å². The van der Waals surface area contributed by atoms with Crippen molar-refractivity contribution in [1.82, 2.24) is 10.3 Å². The number of hydrogen-bond acceptors (Lipinski definition) is 5. The van der Waals surface area contributed by atoms with Crippen LogP contribution >= 0.6 is 11.3 Å². The molecule has 1 amide bonds. The molecule has 0 bridgehead atoms. The van der Waals surface area contributed by atoms with E-state index in [-0.39, 0.29) is 5.91 Å². The average molecular weight is 332 g/mol. The molecule has 0 aliphatic carbocycles. The van der Waals surface area contributed by atoms with Crippen molar-refractivity contribution in [1.29, 1.82) is 0 Å². The number of amides is 1. The van der Waals surface area contributed by atoms with Gasteiger partial charge in [0.05, 0.1) is 19.2 Å². The molecule has 0 aliphatic rings. The molecular weight excluding hydrogens is 312 g/mol. The number of ether oxygens (including phenoxy) is 2. The standard InChI is InChI=1S/C17H20N2O3S/c1-12-19-11-15(23-12)5-7-17(20)18-9-8-13-10-14(21-2)4-6-16(13)22-3/h4-7,10-11H,8-9H2,1-3H3,(H,18,20)/b7-5-. The number of nitrogens with zero attached hydrogens (tertiary/aromatic N) is 1. The van der Waals surface area contributed by atoms with E-state index < -0.39 is 0 Å². The van der Waals surface area contributed by atoms with Crippen molar-refractivity contribution in [2.24, 2.45) is 0 Å². The first-order valence-electron chi connectivity index (χ1n) is 7.21. The number of methoxy groups -OCH3 is 2. The SMILES string of the molecule is COc1ccc(OC)c(CCNC(=O)/C=C\c2cnc(C)s2)c1. The van der Waals surface area contributed by atoms with Gasteiger partial charge in [0, 0.05) is 23.7 Å². The second kappa shape index (κ2) is 8.33. The number of rotatable bonds is 7. The Balaban J connectivity index is 1.86. The van der Waals surface area contributed by atoms with E-state index in [0.717, 1.165) is 26.9 Å². The Morgan fingerprint density at radius 1 is 1.35 bits per heavy atom. The summed E-state index contributed by atoms with van der Waals surface area (Å²) < 4.78 is 10.5. The smallest absolute Gasteiger partial charge is 0.244 e. The fraction of sp³-hybridized carbons (Fsp3) is 0.294. The highest BCUT2D eigenvalue weighted by Gasteiger charge is 2.05. The van der Waals surface area contributed by atoms with Gasteiger partial charge < -0.3 is 14.8 Å². The van der Waals surface area contributed by atoms with Gasteiger partial charge in [-0.2, -0.15) is 0 Å². The van der Waals surface area contributed by atoms with E-state index in [1.54, 1.807) is 37.8 Å². The maximum Gasteiger partial charge on any atom is 0.244 e. The average Bonchev–Trinajstić information content (AvgIpc) is 2.98. The molecule has 1 N–H and O–H groups in total. The number of benzene rings is 1. The van der Waals surface area contributed by atoms with Crippen molar-refractivity contribution < 1.29 is 14.3 Å². The first-order chi connectivity index (χ1) is 11.1. The fourth-order valence-corrected chi connectivity index (χ4v) is 2.76. The second-order valence-corrected chi connectivity index (χ2v) is 6.10. The zero-order valence-corrected chi connectivity index (χ0v) is 14.3. The molecular formula is C17H20N2O3S. The fourth-order valence-electron chi connectivity index (χ4n) is 2.07. The number of aryl methyl sites for hydroxylation is 1. The van der Waals surface area contributed by atoms with Crippen molar-refractivity contribution in [3.05, 3.63) is 45.9 Å². The summed E-state index contributed by atoms with van der Waals surface area (Å²) >= 11 is 1.55. The first-order valence-corrected chi connectivity index (χ1v) is 8.03. The third kappa shape index (κ3) is 5.10. The number of carbonyl (C=O) groups excluding carboxylic acids is 1. The number of carbonyl (C=O) groups is 1. The van der Waals surface area contributed by atoms with Crippen LogP contribution in [-0.2, 0) is 11.2 Å². The van der Waals surface area contributed by atoms with Crippen molar-refractivity contribution in [3.63, 3.8) is 0 Å².